The quantitative estimate of drug-likeness (QED) is 0.866. The lowest BCUT2D eigenvalue weighted by Crippen LogP contribution is -2.25. The number of aliphatic hydroxyl groups excluding tert-OH is 1. The lowest BCUT2D eigenvalue weighted by atomic mass is 10.1. The molecular weight excluding hydrogens is 273 g/mol. The molecule has 0 amide bonds. The number of rotatable bonds is 3. The highest BCUT2D eigenvalue weighted by molar-refractivity contribution is 7.99. The maximum absolute atomic E-state index is 14.1. The molecule has 0 aliphatic carbocycles. The zero-order valence-electron chi connectivity index (χ0n) is 11.6. The van der Waals surface area contributed by atoms with Gasteiger partial charge in [0.2, 0.25) is 0 Å². The Morgan fingerprint density at radius 2 is 2.20 bits per heavy atom. The molecule has 1 aromatic rings. The fourth-order valence-corrected chi connectivity index (χ4v) is 3.10. The molecule has 20 heavy (non-hydrogen) atoms. The monoisotopic (exact) mass is 293 g/mol. The fourth-order valence-electron chi connectivity index (χ4n) is 2.17. The molecule has 1 saturated heterocycles. The van der Waals surface area contributed by atoms with E-state index in [1.54, 1.807) is 0 Å². The van der Waals surface area contributed by atoms with Crippen molar-refractivity contribution >= 4 is 11.8 Å². The van der Waals surface area contributed by atoms with E-state index in [9.17, 15) is 4.39 Å². The lowest BCUT2D eigenvalue weighted by Gasteiger charge is -2.19. The number of nitrogens with zero attached hydrogens (tertiary/aromatic N) is 1. The number of halogens is 1. The highest BCUT2D eigenvalue weighted by Gasteiger charge is 2.12. The van der Waals surface area contributed by atoms with Crippen LogP contribution in [-0.4, -0.2) is 41.2 Å². The van der Waals surface area contributed by atoms with Gasteiger partial charge in [-0.1, -0.05) is 17.9 Å². The van der Waals surface area contributed by atoms with Crippen molar-refractivity contribution in [3.05, 3.63) is 35.1 Å². The lowest BCUT2D eigenvalue weighted by molar-refractivity contribution is 0.283. The van der Waals surface area contributed by atoms with Crippen molar-refractivity contribution in [2.45, 2.75) is 19.4 Å². The molecule has 1 aromatic carbocycles. The van der Waals surface area contributed by atoms with E-state index in [2.05, 4.69) is 16.7 Å². The Balaban J connectivity index is 2.00. The molecule has 0 atom stereocenters. The van der Waals surface area contributed by atoms with Gasteiger partial charge in [-0.3, -0.25) is 4.90 Å². The third-order valence-corrected chi connectivity index (χ3v) is 4.28. The van der Waals surface area contributed by atoms with Gasteiger partial charge < -0.3 is 5.11 Å². The summed E-state index contributed by atoms with van der Waals surface area (Å²) in [5, 5.41) is 8.66. The summed E-state index contributed by atoms with van der Waals surface area (Å²) in [6, 6.07) is 5.18. The molecule has 0 bridgehead atoms. The van der Waals surface area contributed by atoms with Crippen molar-refractivity contribution in [3.8, 4) is 11.8 Å². The average molecular weight is 293 g/mol. The van der Waals surface area contributed by atoms with Gasteiger partial charge in [0.1, 0.15) is 5.82 Å². The third-order valence-electron chi connectivity index (χ3n) is 3.23. The zero-order chi connectivity index (χ0) is 14.2. The second-order valence-electron chi connectivity index (χ2n) is 4.82. The van der Waals surface area contributed by atoms with Gasteiger partial charge in [0.25, 0.3) is 0 Å². The summed E-state index contributed by atoms with van der Waals surface area (Å²) in [4.78, 5) is 2.32. The van der Waals surface area contributed by atoms with Crippen LogP contribution in [0.5, 0.6) is 0 Å². The fraction of sp³-hybridized carbons (Fsp3) is 0.500. The first-order valence-corrected chi connectivity index (χ1v) is 8.13. The van der Waals surface area contributed by atoms with E-state index in [0.717, 1.165) is 24.4 Å². The SMILES string of the molecule is OCCC#Cc1ccc(CN2CCCSCC2)c(F)c1. The Kier molecular flexibility index (Phi) is 6.38. The molecule has 1 aliphatic heterocycles. The van der Waals surface area contributed by atoms with E-state index >= 15 is 0 Å². The van der Waals surface area contributed by atoms with Crippen molar-refractivity contribution in [2.75, 3.05) is 31.2 Å². The standard InChI is InChI=1S/C16H20FNOS/c17-16-12-14(4-1-2-9-19)5-6-15(16)13-18-7-3-10-20-11-8-18/h5-6,12,19H,2-3,7-11,13H2. The molecule has 1 heterocycles. The molecule has 0 spiro atoms. The Bertz CT molecular complexity index is 487. The largest absolute Gasteiger partial charge is 0.395 e. The van der Waals surface area contributed by atoms with Crippen LogP contribution < -0.4 is 0 Å². The molecule has 2 nitrogen and oxygen atoms in total. The zero-order valence-corrected chi connectivity index (χ0v) is 12.4. The Labute approximate surface area is 124 Å². The smallest absolute Gasteiger partial charge is 0.128 e. The normalized spacial score (nSPS) is 16.3. The van der Waals surface area contributed by atoms with Crippen LogP contribution in [-0.2, 0) is 6.54 Å². The van der Waals surface area contributed by atoms with Crippen molar-refractivity contribution < 1.29 is 9.50 Å². The minimum Gasteiger partial charge on any atom is -0.395 e. The van der Waals surface area contributed by atoms with Gasteiger partial charge in [0.15, 0.2) is 0 Å². The summed E-state index contributed by atoms with van der Waals surface area (Å²) < 4.78 is 14.1. The van der Waals surface area contributed by atoms with Gasteiger partial charge in [-0.25, -0.2) is 4.39 Å². The van der Waals surface area contributed by atoms with Crippen molar-refractivity contribution in [2.24, 2.45) is 0 Å². The van der Waals surface area contributed by atoms with Crippen LogP contribution in [0.3, 0.4) is 0 Å². The molecular formula is C16H20FNOS. The van der Waals surface area contributed by atoms with E-state index in [1.807, 2.05) is 23.9 Å². The van der Waals surface area contributed by atoms with Crippen LogP contribution in [0.1, 0.15) is 24.0 Å². The van der Waals surface area contributed by atoms with Gasteiger partial charge >= 0.3 is 0 Å². The molecule has 0 radical (unpaired) electrons. The van der Waals surface area contributed by atoms with E-state index < -0.39 is 0 Å². The summed E-state index contributed by atoms with van der Waals surface area (Å²) in [6.45, 7) is 2.80. The third kappa shape index (κ3) is 4.82. The van der Waals surface area contributed by atoms with Crippen molar-refractivity contribution in [3.63, 3.8) is 0 Å². The first kappa shape index (κ1) is 15.4. The van der Waals surface area contributed by atoms with E-state index in [1.165, 1.54) is 18.2 Å². The highest BCUT2D eigenvalue weighted by Crippen LogP contribution is 2.16. The first-order valence-electron chi connectivity index (χ1n) is 6.98. The molecule has 1 N–H and O–H groups in total. The maximum Gasteiger partial charge on any atom is 0.128 e. The van der Waals surface area contributed by atoms with E-state index in [-0.39, 0.29) is 12.4 Å². The molecule has 0 saturated carbocycles. The van der Waals surface area contributed by atoms with Gasteiger partial charge in [-0.15, -0.1) is 0 Å². The minimum atomic E-state index is -0.183. The van der Waals surface area contributed by atoms with Crippen LogP contribution in [0.15, 0.2) is 18.2 Å². The number of hydrogen-bond acceptors (Lipinski definition) is 3. The van der Waals surface area contributed by atoms with Crippen LogP contribution in [0, 0.1) is 17.7 Å². The van der Waals surface area contributed by atoms with Crippen molar-refractivity contribution in [1.29, 1.82) is 0 Å². The van der Waals surface area contributed by atoms with Gasteiger partial charge in [-0.2, -0.15) is 11.8 Å². The average Bonchev–Trinajstić information content (AvgIpc) is 2.71. The minimum absolute atomic E-state index is 0.0422. The van der Waals surface area contributed by atoms with Crippen LogP contribution in [0.4, 0.5) is 4.39 Å². The number of benzene rings is 1. The Morgan fingerprint density at radius 1 is 1.30 bits per heavy atom. The van der Waals surface area contributed by atoms with Gasteiger partial charge in [-0.05, 0) is 30.9 Å². The maximum atomic E-state index is 14.1. The van der Waals surface area contributed by atoms with Crippen molar-refractivity contribution in [1.82, 2.24) is 4.90 Å². The van der Waals surface area contributed by atoms with Gasteiger partial charge in [0, 0.05) is 36.4 Å². The number of aliphatic hydroxyl groups is 1. The summed E-state index contributed by atoms with van der Waals surface area (Å²) >= 11 is 1.97. The molecule has 1 fully saturated rings. The molecule has 0 unspecified atom stereocenters. The van der Waals surface area contributed by atoms with Crippen LogP contribution >= 0.6 is 11.8 Å². The van der Waals surface area contributed by atoms with Gasteiger partial charge in [0.05, 0.1) is 6.61 Å². The molecule has 108 valence electrons. The predicted octanol–water partition coefficient (Wildman–Crippen LogP) is 2.50. The topological polar surface area (TPSA) is 23.5 Å². The summed E-state index contributed by atoms with van der Waals surface area (Å²) in [5.74, 6) is 7.82. The van der Waals surface area contributed by atoms with Crippen LogP contribution in [0.25, 0.3) is 0 Å². The van der Waals surface area contributed by atoms with Crippen LogP contribution in [0.2, 0.25) is 0 Å². The summed E-state index contributed by atoms with van der Waals surface area (Å²) in [7, 11) is 0. The Hall–Kier alpha value is -1.02. The van der Waals surface area contributed by atoms with E-state index in [4.69, 9.17) is 5.11 Å². The number of hydrogen-bond donors (Lipinski definition) is 1. The molecule has 1 aliphatic rings. The molecule has 0 aromatic heterocycles. The molecule has 4 heteroatoms. The summed E-state index contributed by atoms with van der Waals surface area (Å²) in [6.07, 6.45) is 1.60. The highest BCUT2D eigenvalue weighted by atomic mass is 32.2. The Morgan fingerprint density at radius 3 is 3.00 bits per heavy atom. The molecule has 2 rings (SSSR count). The summed E-state index contributed by atoms with van der Waals surface area (Å²) in [5.41, 5.74) is 1.41. The van der Waals surface area contributed by atoms with E-state index in [0.29, 0.717) is 18.5 Å². The predicted molar refractivity (Wildman–Crippen MR) is 82.2 cm³/mol. The number of thioether (sulfide) groups is 1. The second-order valence-corrected chi connectivity index (χ2v) is 6.05. The first-order chi connectivity index (χ1) is 9.79. The second kappa shape index (κ2) is 8.31.